The third kappa shape index (κ3) is 1.87. The molecular weight excluding hydrogens is 207 g/mol. The lowest BCUT2D eigenvalue weighted by Gasteiger charge is -2.13. The maximum absolute atomic E-state index is 12.6. The molecule has 0 aromatic heterocycles. The van der Waals surface area contributed by atoms with Crippen LogP contribution >= 0.6 is 7.14 Å². The number of para-hydroxylation sites is 1. The molecule has 0 amide bonds. The highest BCUT2D eigenvalue weighted by Gasteiger charge is 2.29. The monoisotopic (exact) mass is 222 g/mol. The maximum atomic E-state index is 12.6. The van der Waals surface area contributed by atoms with Crippen molar-refractivity contribution in [2.24, 2.45) is 0 Å². The van der Waals surface area contributed by atoms with Gasteiger partial charge in [0.25, 0.3) is 0 Å². The summed E-state index contributed by atoms with van der Waals surface area (Å²) in [6.07, 6.45) is 1.69. The summed E-state index contributed by atoms with van der Waals surface area (Å²) in [6.45, 7) is 2.04. The van der Waals surface area contributed by atoms with Crippen molar-refractivity contribution in [2.45, 2.75) is 13.3 Å². The Kier molecular flexibility index (Phi) is 2.70. The quantitative estimate of drug-likeness (QED) is 0.719. The Labute approximate surface area is 90.3 Å². The predicted molar refractivity (Wildman–Crippen MR) is 63.5 cm³/mol. The van der Waals surface area contributed by atoms with Crippen molar-refractivity contribution in [1.29, 1.82) is 0 Å². The molecule has 0 N–H and O–H groups in total. The Morgan fingerprint density at radius 3 is 2.67 bits per heavy atom. The van der Waals surface area contributed by atoms with Crippen LogP contribution < -0.4 is 10.0 Å². The molecule has 1 atom stereocenters. The van der Waals surface area contributed by atoms with Gasteiger partial charge in [0.2, 0.25) is 0 Å². The van der Waals surface area contributed by atoms with E-state index in [1.807, 2.05) is 37.0 Å². The third-order valence-corrected chi connectivity index (χ3v) is 5.69. The molecule has 1 heterocycles. The van der Waals surface area contributed by atoms with Crippen molar-refractivity contribution in [3.05, 3.63) is 35.7 Å². The molecule has 0 saturated heterocycles. The molecule has 80 valence electrons. The van der Waals surface area contributed by atoms with Crippen molar-refractivity contribution in [2.75, 3.05) is 13.3 Å². The first-order valence-electron chi connectivity index (χ1n) is 5.06. The van der Waals surface area contributed by atoms with E-state index in [9.17, 15) is 4.57 Å². The molecule has 3 heteroatoms. The molecule has 1 aromatic rings. The highest BCUT2D eigenvalue weighted by molar-refractivity contribution is 7.75. The molecule has 1 unspecified atom stereocenters. The van der Waals surface area contributed by atoms with E-state index < -0.39 is 7.14 Å². The first-order valence-corrected chi connectivity index (χ1v) is 7.02. The van der Waals surface area contributed by atoms with Gasteiger partial charge in [0.05, 0.1) is 12.4 Å². The largest absolute Gasteiger partial charge is 0.496 e. The van der Waals surface area contributed by atoms with Gasteiger partial charge in [-0.2, -0.15) is 0 Å². The molecule has 15 heavy (non-hydrogen) atoms. The Bertz CT molecular complexity index is 449. The van der Waals surface area contributed by atoms with Crippen molar-refractivity contribution in [1.82, 2.24) is 0 Å². The fraction of sp³-hybridized carbons (Fsp3) is 0.333. The first kappa shape index (κ1) is 10.5. The molecule has 2 nitrogen and oxygen atoms in total. The number of hydrogen-bond donors (Lipinski definition) is 0. The van der Waals surface area contributed by atoms with Gasteiger partial charge in [0.1, 0.15) is 12.9 Å². The van der Waals surface area contributed by atoms with E-state index in [0.29, 0.717) is 0 Å². The van der Waals surface area contributed by atoms with E-state index in [0.717, 1.165) is 23.6 Å². The van der Waals surface area contributed by atoms with Crippen molar-refractivity contribution >= 4 is 12.4 Å². The fourth-order valence-corrected chi connectivity index (χ4v) is 4.87. The molecule has 1 aromatic carbocycles. The lowest BCUT2D eigenvalue weighted by Crippen LogP contribution is -2.07. The normalized spacial score (nSPS) is 25.1. The van der Waals surface area contributed by atoms with E-state index >= 15 is 0 Å². The van der Waals surface area contributed by atoms with Crippen LogP contribution in [0.3, 0.4) is 0 Å². The number of methoxy groups -OCH3 is 1. The smallest absolute Gasteiger partial charge is 0.140 e. The van der Waals surface area contributed by atoms with E-state index in [2.05, 4.69) is 0 Å². The molecule has 0 bridgehead atoms. The second kappa shape index (κ2) is 3.86. The van der Waals surface area contributed by atoms with Gasteiger partial charge < -0.3 is 9.30 Å². The third-order valence-electron chi connectivity index (χ3n) is 2.76. The second-order valence-corrected chi connectivity index (χ2v) is 6.69. The summed E-state index contributed by atoms with van der Waals surface area (Å²) in [5, 5.41) is 0.865. The summed E-state index contributed by atoms with van der Waals surface area (Å²) in [7, 11) is -0.697. The number of allylic oxidation sites excluding steroid dienone is 1. The molecule has 0 saturated carbocycles. The van der Waals surface area contributed by atoms with E-state index in [-0.39, 0.29) is 0 Å². The predicted octanol–water partition coefficient (Wildman–Crippen LogP) is 2.99. The van der Waals surface area contributed by atoms with E-state index in [1.165, 1.54) is 5.57 Å². The van der Waals surface area contributed by atoms with Gasteiger partial charge >= 0.3 is 0 Å². The van der Waals surface area contributed by atoms with Gasteiger partial charge in [-0.25, -0.2) is 0 Å². The molecule has 0 radical (unpaired) electrons. The SMILES string of the molecule is COc1ccccc1P1(=O)C=C(C)CC1. The van der Waals surface area contributed by atoms with Crippen LogP contribution in [0.5, 0.6) is 5.75 Å². The zero-order valence-electron chi connectivity index (χ0n) is 9.06. The van der Waals surface area contributed by atoms with Gasteiger partial charge in [-0.3, -0.25) is 0 Å². The Hall–Kier alpha value is -1.01. The van der Waals surface area contributed by atoms with Crippen molar-refractivity contribution < 1.29 is 9.30 Å². The Morgan fingerprint density at radius 1 is 1.33 bits per heavy atom. The zero-order valence-corrected chi connectivity index (χ0v) is 9.96. The minimum Gasteiger partial charge on any atom is -0.496 e. The summed E-state index contributed by atoms with van der Waals surface area (Å²) in [5.74, 6) is 2.68. The average molecular weight is 222 g/mol. The fourth-order valence-electron chi connectivity index (χ4n) is 1.96. The molecule has 2 rings (SSSR count). The Morgan fingerprint density at radius 2 is 2.07 bits per heavy atom. The van der Waals surface area contributed by atoms with Crippen LogP contribution in [0.25, 0.3) is 0 Å². The number of benzene rings is 1. The van der Waals surface area contributed by atoms with Gasteiger partial charge in [0.15, 0.2) is 0 Å². The zero-order chi connectivity index (χ0) is 10.9. The summed E-state index contributed by atoms with van der Waals surface area (Å²) in [5.41, 5.74) is 1.23. The van der Waals surface area contributed by atoms with Crippen LogP contribution in [0.1, 0.15) is 13.3 Å². The molecule has 0 spiro atoms. The number of rotatable bonds is 2. The maximum Gasteiger partial charge on any atom is 0.140 e. The summed E-state index contributed by atoms with van der Waals surface area (Å²) in [6, 6.07) is 7.60. The second-order valence-electron chi connectivity index (χ2n) is 3.92. The van der Waals surface area contributed by atoms with E-state index in [4.69, 9.17) is 4.74 Å². The highest BCUT2D eigenvalue weighted by Crippen LogP contribution is 2.54. The van der Waals surface area contributed by atoms with Gasteiger partial charge in [-0.05, 0) is 31.3 Å². The molecule has 0 aliphatic carbocycles. The lowest BCUT2D eigenvalue weighted by atomic mass is 10.3. The summed E-state index contributed by atoms with van der Waals surface area (Å²) >= 11 is 0. The summed E-state index contributed by atoms with van der Waals surface area (Å²) in [4.78, 5) is 0. The van der Waals surface area contributed by atoms with Crippen LogP contribution in [0, 0.1) is 0 Å². The lowest BCUT2D eigenvalue weighted by molar-refractivity contribution is 0.418. The standard InChI is InChI=1S/C12H15O2P/c1-10-7-8-15(13,9-10)12-6-4-3-5-11(12)14-2/h3-6,9H,7-8H2,1-2H3. The van der Waals surface area contributed by atoms with Crippen LogP contribution in [0.15, 0.2) is 35.7 Å². The van der Waals surface area contributed by atoms with Gasteiger partial charge in [0, 0.05) is 6.16 Å². The van der Waals surface area contributed by atoms with E-state index in [1.54, 1.807) is 7.11 Å². The van der Waals surface area contributed by atoms with Crippen LogP contribution in [0.2, 0.25) is 0 Å². The number of ether oxygens (including phenoxy) is 1. The van der Waals surface area contributed by atoms with Crippen molar-refractivity contribution in [3.63, 3.8) is 0 Å². The van der Waals surface area contributed by atoms with Gasteiger partial charge in [-0.1, -0.05) is 17.7 Å². The van der Waals surface area contributed by atoms with Crippen LogP contribution in [0.4, 0.5) is 0 Å². The van der Waals surface area contributed by atoms with Crippen LogP contribution in [-0.4, -0.2) is 13.3 Å². The highest BCUT2D eigenvalue weighted by atomic mass is 31.2. The molecule has 1 aliphatic rings. The summed E-state index contributed by atoms with van der Waals surface area (Å²) < 4.78 is 17.9. The molecule has 0 fully saturated rings. The number of hydrogen-bond acceptors (Lipinski definition) is 2. The topological polar surface area (TPSA) is 26.3 Å². The minimum atomic E-state index is -2.32. The average Bonchev–Trinajstić information content (AvgIpc) is 2.60. The molecular formula is C12H15O2P. The molecule has 1 aliphatic heterocycles. The van der Waals surface area contributed by atoms with Gasteiger partial charge in [-0.15, -0.1) is 0 Å². The minimum absolute atomic E-state index is 0.742. The van der Waals surface area contributed by atoms with Crippen LogP contribution in [-0.2, 0) is 4.57 Å². The first-order chi connectivity index (χ1) is 7.15. The van der Waals surface area contributed by atoms with Crippen molar-refractivity contribution in [3.8, 4) is 5.75 Å². The Balaban J connectivity index is 2.50.